The van der Waals surface area contributed by atoms with Crippen LogP contribution in [0, 0.1) is 0 Å². The molecule has 0 amide bonds. The van der Waals surface area contributed by atoms with Crippen LogP contribution in [0.15, 0.2) is 24.3 Å². The first-order valence-corrected chi connectivity index (χ1v) is 6.98. The molecule has 0 aliphatic rings. The summed E-state index contributed by atoms with van der Waals surface area (Å²) in [4.78, 5) is 2.23. The summed E-state index contributed by atoms with van der Waals surface area (Å²) in [5.41, 5.74) is 2.79. The molecule has 0 heterocycles. The van der Waals surface area contributed by atoms with Gasteiger partial charge in [0.15, 0.2) is 0 Å². The Labute approximate surface area is 112 Å². The van der Waals surface area contributed by atoms with Crippen molar-refractivity contribution in [1.29, 1.82) is 0 Å². The van der Waals surface area contributed by atoms with E-state index in [4.69, 9.17) is 0 Å². The summed E-state index contributed by atoms with van der Waals surface area (Å²) in [6.07, 6.45) is 1.20. The first kappa shape index (κ1) is 15.2. The van der Waals surface area contributed by atoms with Gasteiger partial charge in [-0.05, 0) is 57.6 Å². The molecule has 0 saturated carbocycles. The maximum absolute atomic E-state index is 3.58. The zero-order valence-electron chi connectivity index (χ0n) is 12.5. The van der Waals surface area contributed by atoms with Gasteiger partial charge in [-0.1, -0.05) is 38.1 Å². The highest BCUT2D eigenvalue weighted by Gasteiger charge is 2.05. The van der Waals surface area contributed by atoms with Crippen molar-refractivity contribution in [3.8, 4) is 0 Å². The van der Waals surface area contributed by atoms with Crippen LogP contribution in [0.2, 0.25) is 0 Å². The number of hydrogen-bond acceptors (Lipinski definition) is 2. The molecule has 1 atom stereocenters. The van der Waals surface area contributed by atoms with Crippen LogP contribution in [0.3, 0.4) is 0 Å². The molecule has 1 N–H and O–H groups in total. The molecule has 0 spiro atoms. The Hall–Kier alpha value is -0.860. The maximum atomic E-state index is 3.58. The Bertz CT molecular complexity index is 327. The van der Waals surface area contributed by atoms with Crippen LogP contribution in [0.4, 0.5) is 0 Å². The average molecular weight is 248 g/mol. The molecule has 18 heavy (non-hydrogen) atoms. The van der Waals surface area contributed by atoms with Crippen molar-refractivity contribution < 1.29 is 0 Å². The average Bonchev–Trinajstić information content (AvgIpc) is 2.34. The van der Waals surface area contributed by atoms with Crippen molar-refractivity contribution in [1.82, 2.24) is 10.2 Å². The molecule has 2 nitrogen and oxygen atoms in total. The fraction of sp³-hybridized carbons (Fsp3) is 0.625. The van der Waals surface area contributed by atoms with Gasteiger partial charge in [-0.25, -0.2) is 0 Å². The predicted molar refractivity (Wildman–Crippen MR) is 80.1 cm³/mol. The summed E-state index contributed by atoms with van der Waals surface area (Å²) in [6, 6.07) is 9.43. The van der Waals surface area contributed by atoms with E-state index in [1.165, 1.54) is 17.5 Å². The van der Waals surface area contributed by atoms with Crippen LogP contribution >= 0.6 is 0 Å². The van der Waals surface area contributed by atoms with Crippen molar-refractivity contribution in [2.45, 2.75) is 39.2 Å². The van der Waals surface area contributed by atoms with Gasteiger partial charge in [0.2, 0.25) is 0 Å². The van der Waals surface area contributed by atoms with Gasteiger partial charge in [-0.3, -0.25) is 0 Å². The first-order valence-electron chi connectivity index (χ1n) is 6.98. The number of rotatable bonds is 7. The summed E-state index contributed by atoms with van der Waals surface area (Å²) in [6.45, 7) is 8.92. The number of benzene rings is 1. The molecule has 0 bridgehead atoms. The van der Waals surface area contributed by atoms with Crippen LogP contribution < -0.4 is 5.32 Å². The Morgan fingerprint density at radius 2 is 1.56 bits per heavy atom. The quantitative estimate of drug-likeness (QED) is 0.744. The zero-order valence-corrected chi connectivity index (χ0v) is 12.5. The second kappa shape index (κ2) is 7.55. The highest BCUT2D eigenvalue weighted by molar-refractivity contribution is 5.26. The van der Waals surface area contributed by atoms with Crippen LogP contribution in [-0.4, -0.2) is 32.1 Å². The van der Waals surface area contributed by atoms with Gasteiger partial charge in [0.1, 0.15) is 0 Å². The third-order valence-electron chi connectivity index (χ3n) is 3.34. The molecule has 0 aliphatic heterocycles. The normalized spacial score (nSPS) is 13.3. The van der Waals surface area contributed by atoms with Crippen LogP contribution in [0.25, 0.3) is 0 Å². The van der Waals surface area contributed by atoms with E-state index in [-0.39, 0.29) is 0 Å². The highest BCUT2D eigenvalue weighted by Crippen LogP contribution is 2.18. The Morgan fingerprint density at radius 3 is 2.06 bits per heavy atom. The summed E-state index contributed by atoms with van der Waals surface area (Å²) in [7, 11) is 4.24. The zero-order chi connectivity index (χ0) is 13.5. The Kier molecular flexibility index (Phi) is 6.37. The van der Waals surface area contributed by atoms with Crippen molar-refractivity contribution in [3.63, 3.8) is 0 Å². The minimum atomic E-state index is 0.438. The molecule has 0 aromatic heterocycles. The van der Waals surface area contributed by atoms with Crippen molar-refractivity contribution >= 4 is 0 Å². The van der Waals surface area contributed by atoms with E-state index >= 15 is 0 Å². The molecule has 1 unspecified atom stereocenters. The lowest BCUT2D eigenvalue weighted by Crippen LogP contribution is -2.23. The molecule has 1 aromatic rings. The number of nitrogens with zero attached hydrogens (tertiary/aromatic N) is 1. The second-order valence-corrected chi connectivity index (χ2v) is 5.65. The summed E-state index contributed by atoms with van der Waals surface area (Å²) < 4.78 is 0. The van der Waals surface area contributed by atoms with Gasteiger partial charge in [0, 0.05) is 6.04 Å². The van der Waals surface area contributed by atoms with Gasteiger partial charge in [-0.15, -0.1) is 0 Å². The third-order valence-corrected chi connectivity index (χ3v) is 3.34. The SMILES string of the molecule is CC(C)c1ccc(C(C)NCCCN(C)C)cc1. The maximum Gasteiger partial charge on any atom is 0.0291 e. The van der Waals surface area contributed by atoms with Gasteiger partial charge in [0.05, 0.1) is 0 Å². The predicted octanol–water partition coefficient (Wildman–Crippen LogP) is 3.41. The summed E-state index contributed by atoms with van der Waals surface area (Å²) in [5.74, 6) is 0.613. The van der Waals surface area contributed by atoms with Crippen molar-refractivity contribution in [3.05, 3.63) is 35.4 Å². The van der Waals surface area contributed by atoms with Crippen molar-refractivity contribution in [2.24, 2.45) is 0 Å². The van der Waals surface area contributed by atoms with Gasteiger partial charge in [-0.2, -0.15) is 0 Å². The van der Waals surface area contributed by atoms with Crippen LogP contribution in [0.5, 0.6) is 0 Å². The minimum Gasteiger partial charge on any atom is -0.310 e. The van der Waals surface area contributed by atoms with E-state index < -0.39 is 0 Å². The first-order chi connectivity index (χ1) is 8.50. The second-order valence-electron chi connectivity index (χ2n) is 5.65. The largest absolute Gasteiger partial charge is 0.310 e. The molecule has 0 saturated heterocycles. The van der Waals surface area contributed by atoms with E-state index in [9.17, 15) is 0 Å². The van der Waals surface area contributed by atoms with E-state index in [0.717, 1.165) is 13.1 Å². The van der Waals surface area contributed by atoms with Gasteiger partial charge in [0.25, 0.3) is 0 Å². The Morgan fingerprint density at radius 1 is 1.00 bits per heavy atom. The molecule has 102 valence electrons. The van der Waals surface area contributed by atoms with Gasteiger partial charge < -0.3 is 10.2 Å². The molecule has 2 heteroatoms. The molecule has 0 aliphatic carbocycles. The number of nitrogens with one attached hydrogen (secondary N) is 1. The molecule has 0 radical (unpaired) electrons. The highest BCUT2D eigenvalue weighted by atomic mass is 15.1. The molecule has 1 rings (SSSR count). The Balaban J connectivity index is 2.39. The molecular formula is C16H28N2. The summed E-state index contributed by atoms with van der Waals surface area (Å²) in [5, 5.41) is 3.58. The molecule has 0 fully saturated rings. The summed E-state index contributed by atoms with van der Waals surface area (Å²) >= 11 is 0. The fourth-order valence-electron chi connectivity index (χ4n) is 2.00. The standard InChI is InChI=1S/C16H28N2/c1-13(2)15-7-9-16(10-8-15)14(3)17-11-6-12-18(4)5/h7-10,13-14,17H,6,11-12H2,1-5H3. The minimum absolute atomic E-state index is 0.438. The lowest BCUT2D eigenvalue weighted by Gasteiger charge is -2.16. The fourth-order valence-corrected chi connectivity index (χ4v) is 2.00. The van der Waals surface area contributed by atoms with E-state index in [1.807, 2.05) is 0 Å². The topological polar surface area (TPSA) is 15.3 Å². The van der Waals surface area contributed by atoms with E-state index in [2.05, 4.69) is 69.3 Å². The monoisotopic (exact) mass is 248 g/mol. The third kappa shape index (κ3) is 5.19. The lowest BCUT2D eigenvalue weighted by molar-refractivity contribution is 0.389. The smallest absolute Gasteiger partial charge is 0.0291 e. The van der Waals surface area contributed by atoms with E-state index in [0.29, 0.717) is 12.0 Å². The molecule has 1 aromatic carbocycles. The van der Waals surface area contributed by atoms with Crippen molar-refractivity contribution in [2.75, 3.05) is 27.2 Å². The van der Waals surface area contributed by atoms with Crippen LogP contribution in [0.1, 0.15) is 50.3 Å². The molecular weight excluding hydrogens is 220 g/mol. The number of hydrogen-bond donors (Lipinski definition) is 1. The van der Waals surface area contributed by atoms with Crippen LogP contribution in [-0.2, 0) is 0 Å². The van der Waals surface area contributed by atoms with Gasteiger partial charge >= 0.3 is 0 Å². The lowest BCUT2D eigenvalue weighted by atomic mass is 9.99. The van der Waals surface area contributed by atoms with E-state index in [1.54, 1.807) is 0 Å².